The highest BCUT2D eigenvalue weighted by atomic mass is 32.1. The minimum atomic E-state index is -0.705. The van der Waals surface area contributed by atoms with Crippen LogP contribution in [0.5, 0.6) is 0 Å². The van der Waals surface area contributed by atoms with Crippen molar-refractivity contribution in [3.05, 3.63) is 5.01 Å². The number of amides is 2. The van der Waals surface area contributed by atoms with Crippen molar-refractivity contribution in [2.24, 2.45) is 0 Å². The normalized spacial score (nSPS) is 10.4. The van der Waals surface area contributed by atoms with Crippen molar-refractivity contribution in [1.82, 2.24) is 15.5 Å². The molecule has 0 aliphatic rings. The third-order valence-electron chi connectivity index (χ3n) is 2.09. The molecule has 3 N–H and O–H groups in total. The van der Waals surface area contributed by atoms with E-state index in [1.165, 1.54) is 16.2 Å². The number of rotatable bonds is 5. The average molecular weight is 272 g/mol. The largest absolute Gasteiger partial charge is 0.348 e. The molecular weight excluding hydrogens is 254 g/mol. The quantitative estimate of drug-likeness (QED) is 0.447. The van der Waals surface area contributed by atoms with Gasteiger partial charge in [0, 0.05) is 13.0 Å². The third kappa shape index (κ3) is 5.19. The van der Waals surface area contributed by atoms with E-state index in [4.69, 9.17) is 0 Å². The SMILES string of the molecule is Cc1nnc(NC(=O)C(=O)NCCC[NH+](C)C)s1. The van der Waals surface area contributed by atoms with Crippen LogP contribution in [0.4, 0.5) is 5.13 Å². The summed E-state index contributed by atoms with van der Waals surface area (Å²) in [6.45, 7) is 3.21. The number of hydrogen-bond donors (Lipinski definition) is 3. The number of carbonyl (C=O) groups is 2. The zero-order valence-electron chi connectivity index (χ0n) is 10.7. The van der Waals surface area contributed by atoms with Gasteiger partial charge in [-0.05, 0) is 6.92 Å². The smallest absolute Gasteiger partial charge is 0.315 e. The number of carbonyl (C=O) groups excluding carboxylic acids is 2. The molecule has 0 aliphatic heterocycles. The summed E-state index contributed by atoms with van der Waals surface area (Å²) in [6.07, 6.45) is 0.833. The molecule has 1 aromatic rings. The maximum atomic E-state index is 11.5. The van der Waals surface area contributed by atoms with Gasteiger partial charge >= 0.3 is 11.8 Å². The average Bonchev–Trinajstić information content (AvgIpc) is 2.69. The molecule has 1 aromatic heterocycles. The van der Waals surface area contributed by atoms with Gasteiger partial charge in [0.2, 0.25) is 5.13 Å². The van der Waals surface area contributed by atoms with Crippen molar-refractivity contribution >= 4 is 28.3 Å². The number of nitrogens with zero attached hydrogens (tertiary/aromatic N) is 2. The fourth-order valence-corrected chi connectivity index (χ4v) is 1.81. The van der Waals surface area contributed by atoms with Crippen LogP contribution in [-0.2, 0) is 9.59 Å². The van der Waals surface area contributed by atoms with Crippen LogP contribution in [0.2, 0.25) is 0 Å². The lowest BCUT2D eigenvalue weighted by Gasteiger charge is -2.07. The van der Waals surface area contributed by atoms with Gasteiger partial charge in [-0.2, -0.15) is 0 Å². The highest BCUT2D eigenvalue weighted by Crippen LogP contribution is 2.12. The van der Waals surface area contributed by atoms with Gasteiger partial charge in [0.05, 0.1) is 20.6 Å². The lowest BCUT2D eigenvalue weighted by Crippen LogP contribution is -3.05. The fraction of sp³-hybridized carbons (Fsp3) is 0.600. The van der Waals surface area contributed by atoms with Crippen LogP contribution in [0.15, 0.2) is 0 Å². The van der Waals surface area contributed by atoms with E-state index in [2.05, 4.69) is 20.8 Å². The minimum Gasteiger partial charge on any atom is -0.348 e. The van der Waals surface area contributed by atoms with Crippen molar-refractivity contribution in [3.63, 3.8) is 0 Å². The zero-order valence-corrected chi connectivity index (χ0v) is 11.6. The molecule has 0 radical (unpaired) electrons. The van der Waals surface area contributed by atoms with E-state index >= 15 is 0 Å². The lowest BCUT2D eigenvalue weighted by molar-refractivity contribution is -0.858. The van der Waals surface area contributed by atoms with E-state index in [0.29, 0.717) is 11.7 Å². The molecule has 0 unspecified atom stereocenters. The van der Waals surface area contributed by atoms with E-state index in [1.54, 1.807) is 6.92 Å². The molecular formula is C10H18N5O2S+. The molecule has 0 atom stereocenters. The summed E-state index contributed by atoms with van der Waals surface area (Å²) in [5.41, 5.74) is 0. The summed E-state index contributed by atoms with van der Waals surface area (Å²) in [5, 5.41) is 13.5. The Morgan fingerprint density at radius 2 is 2.00 bits per heavy atom. The summed E-state index contributed by atoms with van der Waals surface area (Å²) < 4.78 is 0. The fourth-order valence-electron chi connectivity index (χ4n) is 1.23. The zero-order chi connectivity index (χ0) is 13.5. The summed E-state index contributed by atoms with van der Waals surface area (Å²) in [7, 11) is 4.07. The minimum absolute atomic E-state index is 0.338. The molecule has 1 heterocycles. The second-order valence-corrected chi connectivity index (χ2v) is 5.33. The van der Waals surface area contributed by atoms with Crippen LogP contribution < -0.4 is 15.5 Å². The topological polar surface area (TPSA) is 88.4 Å². The maximum Gasteiger partial charge on any atom is 0.315 e. The van der Waals surface area contributed by atoms with Crippen molar-refractivity contribution in [2.75, 3.05) is 32.5 Å². The van der Waals surface area contributed by atoms with E-state index in [9.17, 15) is 9.59 Å². The first kappa shape index (κ1) is 14.5. The molecule has 100 valence electrons. The lowest BCUT2D eigenvalue weighted by atomic mass is 10.4. The van der Waals surface area contributed by atoms with Gasteiger partial charge in [-0.25, -0.2) is 0 Å². The first-order valence-corrected chi connectivity index (χ1v) is 6.49. The van der Waals surface area contributed by atoms with E-state index in [0.717, 1.165) is 18.0 Å². The van der Waals surface area contributed by atoms with Crippen LogP contribution in [0.25, 0.3) is 0 Å². The van der Waals surface area contributed by atoms with Crippen LogP contribution in [0.3, 0.4) is 0 Å². The third-order valence-corrected chi connectivity index (χ3v) is 2.85. The molecule has 18 heavy (non-hydrogen) atoms. The Hall–Kier alpha value is -1.54. The van der Waals surface area contributed by atoms with Gasteiger partial charge in [0.15, 0.2) is 0 Å². The number of aryl methyl sites for hydroxylation is 1. The molecule has 0 bridgehead atoms. The summed E-state index contributed by atoms with van der Waals surface area (Å²) in [5.74, 6) is -1.35. The molecule has 0 aromatic carbocycles. The Bertz CT molecular complexity index is 418. The van der Waals surface area contributed by atoms with Crippen LogP contribution >= 0.6 is 11.3 Å². The molecule has 1 rings (SSSR count). The number of anilines is 1. The Kier molecular flexibility index (Phi) is 5.66. The summed E-state index contributed by atoms with van der Waals surface area (Å²) in [4.78, 5) is 24.2. The Morgan fingerprint density at radius 3 is 2.56 bits per heavy atom. The van der Waals surface area contributed by atoms with E-state index in [1.807, 2.05) is 14.1 Å². The van der Waals surface area contributed by atoms with Gasteiger partial charge in [0.25, 0.3) is 0 Å². The monoisotopic (exact) mass is 272 g/mol. The van der Waals surface area contributed by atoms with Crippen LogP contribution in [0, 0.1) is 6.92 Å². The Labute approximate surface area is 110 Å². The van der Waals surface area contributed by atoms with Crippen LogP contribution in [-0.4, -0.2) is 49.2 Å². The molecule has 0 aliphatic carbocycles. The van der Waals surface area contributed by atoms with Gasteiger partial charge in [-0.1, -0.05) is 11.3 Å². The van der Waals surface area contributed by atoms with Crippen molar-refractivity contribution in [2.45, 2.75) is 13.3 Å². The van der Waals surface area contributed by atoms with Crippen molar-refractivity contribution in [3.8, 4) is 0 Å². The standard InChI is InChI=1S/C10H17N5O2S/c1-7-13-14-10(18-7)12-9(17)8(16)11-5-4-6-15(2)3/h4-6H2,1-3H3,(H,11,16)(H,12,14,17)/p+1. The Balaban J connectivity index is 2.27. The van der Waals surface area contributed by atoms with Crippen molar-refractivity contribution < 1.29 is 14.5 Å². The molecule has 7 nitrogen and oxygen atoms in total. The predicted octanol–water partition coefficient (Wildman–Crippen LogP) is -1.56. The molecule has 8 heteroatoms. The van der Waals surface area contributed by atoms with Crippen LogP contribution in [0.1, 0.15) is 11.4 Å². The second-order valence-electron chi connectivity index (χ2n) is 4.15. The van der Waals surface area contributed by atoms with Crippen molar-refractivity contribution in [1.29, 1.82) is 0 Å². The summed E-state index contributed by atoms with van der Waals surface area (Å²) >= 11 is 1.23. The Morgan fingerprint density at radius 1 is 1.28 bits per heavy atom. The number of nitrogens with one attached hydrogen (secondary N) is 3. The maximum absolute atomic E-state index is 11.5. The second kappa shape index (κ2) is 7.02. The highest BCUT2D eigenvalue weighted by Gasteiger charge is 2.14. The number of quaternary nitrogens is 1. The van der Waals surface area contributed by atoms with E-state index in [-0.39, 0.29) is 0 Å². The summed E-state index contributed by atoms with van der Waals surface area (Å²) in [6, 6.07) is 0. The first-order valence-electron chi connectivity index (χ1n) is 5.67. The molecule has 0 saturated carbocycles. The first-order chi connectivity index (χ1) is 8.49. The van der Waals surface area contributed by atoms with Gasteiger partial charge in [-0.15, -0.1) is 10.2 Å². The molecule has 0 saturated heterocycles. The van der Waals surface area contributed by atoms with Gasteiger partial charge in [0.1, 0.15) is 5.01 Å². The molecule has 0 fully saturated rings. The molecule has 2 amide bonds. The van der Waals surface area contributed by atoms with E-state index < -0.39 is 11.8 Å². The number of hydrogen-bond acceptors (Lipinski definition) is 5. The van der Waals surface area contributed by atoms with Gasteiger partial charge < -0.3 is 10.2 Å². The number of aromatic nitrogens is 2. The highest BCUT2D eigenvalue weighted by molar-refractivity contribution is 7.15. The van der Waals surface area contributed by atoms with Gasteiger partial charge in [-0.3, -0.25) is 14.9 Å². The predicted molar refractivity (Wildman–Crippen MR) is 68.6 cm³/mol. The molecule has 0 spiro atoms.